The lowest BCUT2D eigenvalue weighted by molar-refractivity contribution is -0.352. The molecule has 1 N–H and O–H groups in total. The van der Waals surface area contributed by atoms with Crippen molar-refractivity contribution >= 4 is 17.3 Å². The SMILES string of the molecule is COc1ccccc1N=N/C(=N\Nc1ccccc1OC)[N+](=O)[O-]. The van der Waals surface area contributed by atoms with Crippen LogP contribution in [0, 0.1) is 10.1 Å². The molecule has 0 unspecified atom stereocenters. The minimum Gasteiger partial charge on any atom is -0.494 e. The number of nitrogens with zero attached hydrogens (tertiary/aromatic N) is 4. The van der Waals surface area contributed by atoms with E-state index in [1.165, 1.54) is 14.2 Å². The van der Waals surface area contributed by atoms with Crippen LogP contribution in [0.3, 0.4) is 0 Å². The van der Waals surface area contributed by atoms with Crippen LogP contribution in [-0.2, 0) is 0 Å². The van der Waals surface area contributed by atoms with Crippen molar-refractivity contribution in [3.8, 4) is 11.5 Å². The van der Waals surface area contributed by atoms with Gasteiger partial charge in [0, 0.05) is 5.10 Å². The van der Waals surface area contributed by atoms with Gasteiger partial charge in [-0.05, 0) is 29.2 Å². The second-order valence-electron chi connectivity index (χ2n) is 4.35. The van der Waals surface area contributed by atoms with Crippen LogP contribution < -0.4 is 14.9 Å². The largest absolute Gasteiger partial charge is 0.511 e. The van der Waals surface area contributed by atoms with E-state index >= 15 is 0 Å². The van der Waals surface area contributed by atoms with Crippen LogP contribution >= 0.6 is 0 Å². The zero-order valence-corrected chi connectivity index (χ0v) is 13.0. The first-order valence-electron chi connectivity index (χ1n) is 6.81. The number of azo groups is 1. The van der Waals surface area contributed by atoms with Gasteiger partial charge in [-0.25, -0.2) is 5.43 Å². The zero-order chi connectivity index (χ0) is 17.4. The molecule has 0 aliphatic carbocycles. The number of nitrogens with one attached hydrogen (secondary N) is 1. The fourth-order valence-corrected chi connectivity index (χ4v) is 1.76. The van der Waals surface area contributed by atoms with Crippen molar-refractivity contribution in [3.05, 3.63) is 58.6 Å². The zero-order valence-electron chi connectivity index (χ0n) is 13.0. The Bertz CT molecular complexity index is 776. The van der Waals surface area contributed by atoms with Crippen LogP contribution in [0.5, 0.6) is 11.5 Å². The van der Waals surface area contributed by atoms with Gasteiger partial charge in [0.15, 0.2) is 0 Å². The van der Waals surface area contributed by atoms with Gasteiger partial charge in [0.1, 0.15) is 22.9 Å². The van der Waals surface area contributed by atoms with Gasteiger partial charge in [-0.15, -0.1) is 0 Å². The number of methoxy groups -OCH3 is 2. The average molecular weight is 329 g/mol. The molecule has 9 heteroatoms. The van der Waals surface area contributed by atoms with Crippen LogP contribution in [0.25, 0.3) is 0 Å². The number of ether oxygens (including phenoxy) is 2. The van der Waals surface area contributed by atoms with E-state index in [0.717, 1.165) is 0 Å². The fourth-order valence-electron chi connectivity index (χ4n) is 1.76. The first kappa shape index (κ1) is 16.9. The van der Waals surface area contributed by atoms with Crippen LogP contribution in [0.4, 0.5) is 11.4 Å². The Labute approximate surface area is 137 Å². The minimum atomic E-state index is -0.749. The molecule has 0 radical (unpaired) electrons. The van der Waals surface area contributed by atoms with Crippen LogP contribution in [-0.4, -0.2) is 25.1 Å². The lowest BCUT2D eigenvalue weighted by Crippen LogP contribution is -2.10. The molecule has 0 aliphatic rings. The molecule has 0 spiro atoms. The number of para-hydroxylation sites is 3. The van der Waals surface area contributed by atoms with E-state index in [-0.39, 0.29) is 0 Å². The summed E-state index contributed by atoms with van der Waals surface area (Å²) >= 11 is 0. The molecule has 2 aromatic rings. The summed E-state index contributed by atoms with van der Waals surface area (Å²) in [5, 5.41) is 22.1. The molecule has 0 amide bonds. The number of nitro groups is 1. The standard InChI is InChI=1S/C15H15N5O4/c1-23-13-9-5-3-7-11(13)16-18-15(20(21)22)19-17-12-8-4-6-10-14(12)24-2/h3-10,16H,1-2H3/b18-15+,19-17?. The first-order valence-corrected chi connectivity index (χ1v) is 6.81. The number of guanidine groups is 1. The van der Waals surface area contributed by atoms with Gasteiger partial charge >= 0.3 is 5.96 Å². The minimum absolute atomic E-state index is 0.354. The molecule has 0 aliphatic heterocycles. The van der Waals surface area contributed by atoms with Crippen LogP contribution in [0.15, 0.2) is 63.9 Å². The molecule has 0 bridgehead atoms. The highest BCUT2D eigenvalue weighted by Crippen LogP contribution is 2.26. The summed E-state index contributed by atoms with van der Waals surface area (Å²) in [4.78, 5) is 10.3. The van der Waals surface area contributed by atoms with E-state index in [9.17, 15) is 10.1 Å². The predicted molar refractivity (Wildman–Crippen MR) is 88.6 cm³/mol. The topological polar surface area (TPSA) is 111 Å². The monoisotopic (exact) mass is 329 g/mol. The number of benzene rings is 2. The molecule has 0 heterocycles. The van der Waals surface area contributed by atoms with Gasteiger partial charge in [0.2, 0.25) is 0 Å². The summed E-state index contributed by atoms with van der Waals surface area (Å²) in [6.07, 6.45) is 0. The summed E-state index contributed by atoms with van der Waals surface area (Å²) in [7, 11) is 2.96. The second-order valence-corrected chi connectivity index (χ2v) is 4.35. The highest BCUT2D eigenvalue weighted by Gasteiger charge is 2.14. The fraction of sp³-hybridized carbons (Fsp3) is 0.133. The Morgan fingerprint density at radius 3 is 2.33 bits per heavy atom. The summed E-state index contributed by atoms with van der Waals surface area (Å²) in [5.74, 6) is 0.235. The van der Waals surface area contributed by atoms with Gasteiger partial charge in [-0.2, -0.15) is 0 Å². The predicted octanol–water partition coefficient (Wildman–Crippen LogP) is 3.45. The lowest BCUT2D eigenvalue weighted by Gasteiger charge is -2.04. The summed E-state index contributed by atoms with van der Waals surface area (Å²) in [6.45, 7) is 0. The second kappa shape index (κ2) is 8.22. The maximum Gasteiger partial charge on any atom is 0.511 e. The Balaban J connectivity index is 2.23. The molecular weight excluding hydrogens is 314 g/mol. The van der Waals surface area contributed by atoms with Crippen molar-refractivity contribution in [2.24, 2.45) is 15.3 Å². The van der Waals surface area contributed by atoms with E-state index < -0.39 is 10.9 Å². The molecule has 9 nitrogen and oxygen atoms in total. The number of rotatable bonds is 5. The average Bonchev–Trinajstić information content (AvgIpc) is 2.62. The number of hydrogen-bond acceptors (Lipinski definition) is 7. The Kier molecular flexibility index (Phi) is 5.78. The van der Waals surface area contributed by atoms with Crippen molar-refractivity contribution in [3.63, 3.8) is 0 Å². The van der Waals surface area contributed by atoms with Gasteiger partial charge in [-0.1, -0.05) is 29.4 Å². The summed E-state index contributed by atoms with van der Waals surface area (Å²) in [6, 6.07) is 13.6. The van der Waals surface area contributed by atoms with Crippen molar-refractivity contribution < 1.29 is 14.4 Å². The Hall–Kier alpha value is -3.49. The molecule has 24 heavy (non-hydrogen) atoms. The van der Waals surface area contributed by atoms with Crippen LogP contribution in [0.1, 0.15) is 0 Å². The van der Waals surface area contributed by atoms with E-state index in [0.29, 0.717) is 22.9 Å². The maximum absolute atomic E-state index is 11.1. The highest BCUT2D eigenvalue weighted by atomic mass is 16.6. The molecule has 0 fully saturated rings. The van der Waals surface area contributed by atoms with E-state index in [1.807, 2.05) is 0 Å². The third-order valence-electron chi connectivity index (χ3n) is 2.88. The van der Waals surface area contributed by atoms with Crippen LogP contribution in [0.2, 0.25) is 0 Å². The molecule has 0 aromatic heterocycles. The Morgan fingerprint density at radius 2 is 1.67 bits per heavy atom. The van der Waals surface area contributed by atoms with Crippen molar-refractivity contribution in [2.45, 2.75) is 0 Å². The first-order chi connectivity index (χ1) is 11.7. The number of anilines is 1. The maximum atomic E-state index is 11.1. The quantitative estimate of drug-likeness (QED) is 0.297. The molecule has 124 valence electrons. The van der Waals surface area contributed by atoms with E-state index in [4.69, 9.17) is 9.47 Å². The number of hydrazone groups is 1. The number of hydrogen-bond donors (Lipinski definition) is 1. The third kappa shape index (κ3) is 4.26. The van der Waals surface area contributed by atoms with Gasteiger partial charge in [-0.3, -0.25) is 0 Å². The van der Waals surface area contributed by atoms with Gasteiger partial charge in [0.25, 0.3) is 0 Å². The van der Waals surface area contributed by atoms with Crippen molar-refractivity contribution in [1.82, 2.24) is 0 Å². The van der Waals surface area contributed by atoms with Crippen molar-refractivity contribution in [2.75, 3.05) is 19.6 Å². The smallest absolute Gasteiger partial charge is 0.494 e. The van der Waals surface area contributed by atoms with Gasteiger partial charge < -0.3 is 19.6 Å². The normalized spacial score (nSPS) is 11.3. The molecule has 0 saturated carbocycles. The molecule has 2 aromatic carbocycles. The van der Waals surface area contributed by atoms with Gasteiger partial charge in [0.05, 0.1) is 19.3 Å². The summed E-state index contributed by atoms with van der Waals surface area (Å²) < 4.78 is 10.2. The Morgan fingerprint density at radius 1 is 1.04 bits per heavy atom. The van der Waals surface area contributed by atoms with Crippen molar-refractivity contribution in [1.29, 1.82) is 0 Å². The summed E-state index contributed by atoms with van der Waals surface area (Å²) in [5.41, 5.74) is 3.37. The third-order valence-corrected chi connectivity index (χ3v) is 2.88. The van der Waals surface area contributed by atoms with E-state index in [1.54, 1.807) is 48.5 Å². The highest BCUT2D eigenvalue weighted by molar-refractivity contribution is 5.74. The molecule has 0 atom stereocenters. The molecule has 2 rings (SSSR count). The van der Waals surface area contributed by atoms with E-state index in [2.05, 4.69) is 20.8 Å². The molecular formula is C15H15N5O4. The molecule has 0 saturated heterocycles. The lowest BCUT2D eigenvalue weighted by atomic mass is 10.3.